The molecule has 1 rings (SSSR count). The van der Waals surface area contributed by atoms with Crippen LogP contribution in [0.1, 0.15) is 26.7 Å². The van der Waals surface area contributed by atoms with Crippen LogP contribution in [0.5, 0.6) is 0 Å². The zero-order valence-corrected chi connectivity index (χ0v) is 5.91. The van der Waals surface area contributed by atoms with Gasteiger partial charge in [0.2, 0.25) is 0 Å². The predicted molar refractivity (Wildman–Crippen MR) is 37.0 cm³/mol. The van der Waals surface area contributed by atoms with E-state index in [0.717, 1.165) is 6.42 Å². The van der Waals surface area contributed by atoms with Gasteiger partial charge >= 0.3 is 0 Å². The lowest BCUT2D eigenvalue weighted by Crippen LogP contribution is -2.32. The number of hydrazine groups is 2. The topological polar surface area (TPSA) is 36.1 Å². The largest absolute Gasteiger partial charge is 0.307 e. The molecule has 3 N–H and O–H groups in total. The first kappa shape index (κ1) is 6.42. The summed E-state index contributed by atoms with van der Waals surface area (Å²) in [5.41, 5.74) is 11.3. The lowest BCUT2D eigenvalue weighted by Gasteiger charge is -1.97. The van der Waals surface area contributed by atoms with E-state index >= 15 is 0 Å². The summed E-state index contributed by atoms with van der Waals surface area (Å²) in [5.74, 6) is 0. The lowest BCUT2D eigenvalue weighted by molar-refractivity contribution is 0.580. The minimum atomic E-state index is 1.12. The highest BCUT2D eigenvalue weighted by atomic mass is 15.6. The second-order valence-electron chi connectivity index (χ2n) is 2.23. The molecule has 3 heteroatoms. The summed E-state index contributed by atoms with van der Waals surface area (Å²) in [4.78, 5) is 0. The standard InChI is InChI=1S/C6H13N3/c1-3-4-6-5(2)7-9-8-6/h7-9H,3-4H2,1-2H3. The molecule has 1 aliphatic heterocycles. The highest BCUT2D eigenvalue weighted by molar-refractivity contribution is 5.10. The van der Waals surface area contributed by atoms with E-state index in [2.05, 4.69) is 30.2 Å². The molecular weight excluding hydrogens is 114 g/mol. The molecule has 1 aliphatic rings. The first-order valence-corrected chi connectivity index (χ1v) is 3.31. The highest BCUT2D eigenvalue weighted by Gasteiger charge is 2.05. The van der Waals surface area contributed by atoms with Crippen molar-refractivity contribution in [1.29, 1.82) is 0 Å². The summed E-state index contributed by atoms with van der Waals surface area (Å²) in [6.07, 6.45) is 2.30. The maximum atomic E-state index is 3.03. The Labute approximate surface area is 55.5 Å². The van der Waals surface area contributed by atoms with Crippen molar-refractivity contribution in [2.45, 2.75) is 26.7 Å². The second kappa shape index (κ2) is 2.73. The Morgan fingerprint density at radius 3 is 2.56 bits per heavy atom. The van der Waals surface area contributed by atoms with E-state index in [1.165, 1.54) is 17.8 Å². The van der Waals surface area contributed by atoms with Crippen molar-refractivity contribution in [1.82, 2.24) is 16.4 Å². The molecule has 1 heterocycles. The zero-order chi connectivity index (χ0) is 6.69. The van der Waals surface area contributed by atoms with Crippen molar-refractivity contribution in [3.05, 3.63) is 11.4 Å². The number of hydrogen-bond donors (Lipinski definition) is 3. The van der Waals surface area contributed by atoms with E-state index in [9.17, 15) is 0 Å². The van der Waals surface area contributed by atoms with E-state index in [1.54, 1.807) is 0 Å². The third kappa shape index (κ3) is 1.36. The molecule has 0 amide bonds. The molecular formula is C6H13N3. The number of rotatable bonds is 2. The zero-order valence-electron chi connectivity index (χ0n) is 5.91. The fraction of sp³-hybridized carbons (Fsp3) is 0.667. The van der Waals surface area contributed by atoms with Gasteiger partial charge in [0.15, 0.2) is 0 Å². The van der Waals surface area contributed by atoms with Crippen molar-refractivity contribution in [3.63, 3.8) is 0 Å². The van der Waals surface area contributed by atoms with Gasteiger partial charge in [-0.15, -0.1) is 0 Å². The Balaban J connectivity index is 2.45. The SMILES string of the molecule is CCCC1=C(C)NNN1. The van der Waals surface area contributed by atoms with Gasteiger partial charge in [0.25, 0.3) is 0 Å². The van der Waals surface area contributed by atoms with Crippen LogP contribution in [-0.4, -0.2) is 0 Å². The molecule has 0 aromatic carbocycles. The monoisotopic (exact) mass is 127 g/mol. The van der Waals surface area contributed by atoms with E-state index in [0.29, 0.717) is 0 Å². The smallest absolute Gasteiger partial charge is 0.0479 e. The molecule has 9 heavy (non-hydrogen) atoms. The molecule has 0 spiro atoms. The molecule has 0 saturated heterocycles. The number of allylic oxidation sites excluding steroid dienone is 2. The molecule has 0 aliphatic carbocycles. The maximum absolute atomic E-state index is 3.03. The third-order valence-corrected chi connectivity index (χ3v) is 1.42. The van der Waals surface area contributed by atoms with Gasteiger partial charge in [-0.05, 0) is 13.3 Å². The molecule has 0 atom stereocenters. The summed E-state index contributed by atoms with van der Waals surface area (Å²) in [7, 11) is 0. The van der Waals surface area contributed by atoms with Gasteiger partial charge in [0, 0.05) is 11.4 Å². The van der Waals surface area contributed by atoms with Gasteiger partial charge < -0.3 is 10.9 Å². The first-order valence-electron chi connectivity index (χ1n) is 3.31. The minimum absolute atomic E-state index is 1.12. The van der Waals surface area contributed by atoms with Crippen molar-refractivity contribution in [2.24, 2.45) is 0 Å². The summed E-state index contributed by atoms with van der Waals surface area (Å²) in [6.45, 7) is 4.22. The van der Waals surface area contributed by atoms with E-state index in [-0.39, 0.29) is 0 Å². The molecule has 0 fully saturated rings. The van der Waals surface area contributed by atoms with Gasteiger partial charge in [0.05, 0.1) is 0 Å². The van der Waals surface area contributed by atoms with Crippen LogP contribution in [0.15, 0.2) is 11.4 Å². The van der Waals surface area contributed by atoms with E-state index in [1.807, 2.05) is 0 Å². The Kier molecular flexibility index (Phi) is 1.95. The molecule has 0 unspecified atom stereocenters. The molecule has 52 valence electrons. The van der Waals surface area contributed by atoms with E-state index in [4.69, 9.17) is 0 Å². The molecule has 0 saturated carbocycles. The Bertz CT molecular complexity index is 128. The molecule has 0 bridgehead atoms. The summed E-state index contributed by atoms with van der Waals surface area (Å²) >= 11 is 0. The average Bonchev–Trinajstić information content (AvgIpc) is 2.18. The van der Waals surface area contributed by atoms with Gasteiger partial charge in [-0.1, -0.05) is 13.3 Å². The molecule has 3 nitrogen and oxygen atoms in total. The maximum Gasteiger partial charge on any atom is 0.0479 e. The normalized spacial score (nSPS) is 17.6. The third-order valence-electron chi connectivity index (χ3n) is 1.42. The van der Waals surface area contributed by atoms with Crippen LogP contribution in [0.25, 0.3) is 0 Å². The van der Waals surface area contributed by atoms with Crippen molar-refractivity contribution >= 4 is 0 Å². The number of hydrogen-bond acceptors (Lipinski definition) is 3. The van der Waals surface area contributed by atoms with Crippen LogP contribution in [0.4, 0.5) is 0 Å². The van der Waals surface area contributed by atoms with Crippen LogP contribution in [0.3, 0.4) is 0 Å². The molecule has 0 aromatic heterocycles. The van der Waals surface area contributed by atoms with Crippen LogP contribution in [-0.2, 0) is 0 Å². The summed E-state index contributed by atoms with van der Waals surface area (Å²) in [5, 5.41) is 0. The van der Waals surface area contributed by atoms with Crippen LogP contribution in [0, 0.1) is 0 Å². The fourth-order valence-electron chi connectivity index (χ4n) is 0.870. The Morgan fingerprint density at radius 1 is 1.33 bits per heavy atom. The van der Waals surface area contributed by atoms with Crippen LogP contribution >= 0.6 is 0 Å². The second-order valence-corrected chi connectivity index (χ2v) is 2.23. The van der Waals surface area contributed by atoms with Gasteiger partial charge in [-0.2, -0.15) is 5.53 Å². The van der Waals surface area contributed by atoms with Crippen LogP contribution < -0.4 is 16.4 Å². The quantitative estimate of drug-likeness (QED) is 0.509. The Hall–Kier alpha value is -0.700. The highest BCUT2D eigenvalue weighted by Crippen LogP contribution is 2.06. The van der Waals surface area contributed by atoms with Crippen molar-refractivity contribution < 1.29 is 0 Å². The van der Waals surface area contributed by atoms with Crippen molar-refractivity contribution in [3.8, 4) is 0 Å². The minimum Gasteiger partial charge on any atom is -0.307 e. The summed E-state index contributed by atoms with van der Waals surface area (Å²) < 4.78 is 0. The van der Waals surface area contributed by atoms with Gasteiger partial charge in [-0.3, -0.25) is 0 Å². The summed E-state index contributed by atoms with van der Waals surface area (Å²) in [6, 6.07) is 0. The molecule has 0 radical (unpaired) electrons. The van der Waals surface area contributed by atoms with E-state index < -0.39 is 0 Å². The van der Waals surface area contributed by atoms with Crippen molar-refractivity contribution in [2.75, 3.05) is 0 Å². The van der Waals surface area contributed by atoms with Gasteiger partial charge in [0.1, 0.15) is 0 Å². The van der Waals surface area contributed by atoms with Gasteiger partial charge in [-0.25, -0.2) is 0 Å². The fourth-order valence-corrected chi connectivity index (χ4v) is 0.870. The molecule has 0 aromatic rings. The lowest BCUT2D eigenvalue weighted by atomic mass is 10.2. The van der Waals surface area contributed by atoms with Crippen LogP contribution in [0.2, 0.25) is 0 Å². The first-order chi connectivity index (χ1) is 4.34. The number of nitrogens with one attached hydrogen (secondary N) is 3. The average molecular weight is 127 g/mol. The Morgan fingerprint density at radius 2 is 2.11 bits per heavy atom. The predicted octanol–water partition coefficient (Wildman–Crippen LogP) is 0.630.